The minimum atomic E-state index is 0.331. The molecule has 2 N–H and O–H groups in total. The molecule has 1 aromatic carbocycles. The second kappa shape index (κ2) is 4.74. The van der Waals surface area contributed by atoms with Crippen LogP contribution in [0.4, 0.5) is 5.95 Å². The Morgan fingerprint density at radius 2 is 2.11 bits per heavy atom. The average molecular weight is 239 g/mol. The number of anilines is 1. The van der Waals surface area contributed by atoms with E-state index in [2.05, 4.69) is 33.1 Å². The van der Waals surface area contributed by atoms with E-state index in [4.69, 9.17) is 5.73 Å². The fraction of sp³-hybridized carbons (Fsp3) is 0.286. The molecular formula is C14H15N4. The van der Waals surface area contributed by atoms with Crippen LogP contribution in [0.1, 0.15) is 16.7 Å². The SMILES string of the molecule is Nc1ncc(CN2CCc3cc[c]cc3C2)cn1. The summed E-state index contributed by atoms with van der Waals surface area (Å²) < 4.78 is 0. The van der Waals surface area contributed by atoms with E-state index in [1.54, 1.807) is 12.4 Å². The van der Waals surface area contributed by atoms with E-state index in [9.17, 15) is 0 Å². The molecule has 0 unspecified atom stereocenters. The van der Waals surface area contributed by atoms with Gasteiger partial charge in [-0.2, -0.15) is 0 Å². The van der Waals surface area contributed by atoms with Crippen LogP contribution in [0.25, 0.3) is 0 Å². The molecule has 3 rings (SSSR count). The van der Waals surface area contributed by atoms with Crippen LogP contribution in [-0.2, 0) is 19.5 Å². The third kappa shape index (κ3) is 2.33. The molecule has 1 radical (unpaired) electrons. The molecule has 0 saturated carbocycles. The zero-order valence-electron chi connectivity index (χ0n) is 10.1. The lowest BCUT2D eigenvalue weighted by Gasteiger charge is -2.28. The third-order valence-electron chi connectivity index (χ3n) is 3.27. The van der Waals surface area contributed by atoms with Crippen molar-refractivity contribution in [3.8, 4) is 0 Å². The van der Waals surface area contributed by atoms with Crippen molar-refractivity contribution in [2.24, 2.45) is 0 Å². The monoisotopic (exact) mass is 239 g/mol. The smallest absolute Gasteiger partial charge is 0.219 e. The second-order valence-corrected chi connectivity index (χ2v) is 4.60. The van der Waals surface area contributed by atoms with E-state index in [-0.39, 0.29) is 0 Å². The summed E-state index contributed by atoms with van der Waals surface area (Å²) >= 11 is 0. The first-order valence-corrected chi connectivity index (χ1v) is 6.08. The second-order valence-electron chi connectivity index (χ2n) is 4.60. The summed E-state index contributed by atoms with van der Waals surface area (Å²) in [6.45, 7) is 2.91. The fourth-order valence-corrected chi connectivity index (χ4v) is 2.33. The van der Waals surface area contributed by atoms with E-state index >= 15 is 0 Å². The van der Waals surface area contributed by atoms with Crippen molar-refractivity contribution in [1.29, 1.82) is 0 Å². The summed E-state index contributed by atoms with van der Waals surface area (Å²) in [6.07, 6.45) is 4.70. The molecule has 91 valence electrons. The Morgan fingerprint density at radius 3 is 2.94 bits per heavy atom. The first-order chi connectivity index (χ1) is 8.81. The molecule has 1 aromatic heterocycles. The molecule has 2 heterocycles. The first-order valence-electron chi connectivity index (χ1n) is 6.08. The van der Waals surface area contributed by atoms with Crippen molar-refractivity contribution in [2.45, 2.75) is 19.5 Å². The molecule has 0 fully saturated rings. The number of nitrogen functional groups attached to an aromatic ring is 1. The summed E-state index contributed by atoms with van der Waals surface area (Å²) in [6, 6.07) is 9.38. The van der Waals surface area contributed by atoms with Crippen LogP contribution in [0.2, 0.25) is 0 Å². The van der Waals surface area contributed by atoms with Crippen molar-refractivity contribution in [3.63, 3.8) is 0 Å². The summed E-state index contributed by atoms with van der Waals surface area (Å²) in [5, 5.41) is 0. The Hall–Kier alpha value is -1.94. The Kier molecular flexibility index (Phi) is 2.94. The number of nitrogens with two attached hydrogens (primary N) is 1. The topological polar surface area (TPSA) is 55.0 Å². The van der Waals surface area contributed by atoms with E-state index in [0.717, 1.165) is 31.6 Å². The molecule has 18 heavy (non-hydrogen) atoms. The van der Waals surface area contributed by atoms with Crippen molar-refractivity contribution >= 4 is 5.95 Å². The number of aromatic nitrogens is 2. The van der Waals surface area contributed by atoms with Crippen LogP contribution >= 0.6 is 0 Å². The van der Waals surface area contributed by atoms with E-state index in [0.29, 0.717) is 5.95 Å². The van der Waals surface area contributed by atoms with Gasteiger partial charge in [0.2, 0.25) is 5.95 Å². The summed E-state index contributed by atoms with van der Waals surface area (Å²) in [5.74, 6) is 0.331. The van der Waals surface area contributed by atoms with Crippen LogP contribution in [0, 0.1) is 6.07 Å². The van der Waals surface area contributed by atoms with Gasteiger partial charge in [-0.1, -0.05) is 12.1 Å². The van der Waals surface area contributed by atoms with Gasteiger partial charge >= 0.3 is 0 Å². The number of rotatable bonds is 2. The quantitative estimate of drug-likeness (QED) is 0.861. The predicted octanol–water partition coefficient (Wildman–Crippen LogP) is 1.42. The molecule has 0 spiro atoms. The number of hydrogen-bond donors (Lipinski definition) is 1. The lowest BCUT2D eigenvalue weighted by molar-refractivity contribution is 0.245. The van der Waals surface area contributed by atoms with Gasteiger partial charge < -0.3 is 5.73 Å². The van der Waals surface area contributed by atoms with Crippen LogP contribution in [0.15, 0.2) is 30.6 Å². The minimum absolute atomic E-state index is 0.331. The molecule has 0 saturated heterocycles. The normalized spacial score (nSPS) is 15.3. The maximum atomic E-state index is 5.48. The Morgan fingerprint density at radius 1 is 1.28 bits per heavy atom. The lowest BCUT2D eigenvalue weighted by Crippen LogP contribution is -2.30. The molecular weight excluding hydrogens is 224 g/mol. The summed E-state index contributed by atoms with van der Waals surface area (Å²) in [5.41, 5.74) is 9.41. The largest absolute Gasteiger partial charge is 0.368 e. The van der Waals surface area contributed by atoms with E-state index < -0.39 is 0 Å². The zero-order chi connectivity index (χ0) is 12.4. The highest BCUT2D eigenvalue weighted by molar-refractivity contribution is 5.28. The van der Waals surface area contributed by atoms with Gasteiger partial charge in [0, 0.05) is 37.6 Å². The van der Waals surface area contributed by atoms with E-state index in [1.165, 1.54) is 11.1 Å². The van der Waals surface area contributed by atoms with Crippen LogP contribution in [0.5, 0.6) is 0 Å². The lowest BCUT2D eigenvalue weighted by atomic mass is 10.00. The molecule has 0 bridgehead atoms. The fourth-order valence-electron chi connectivity index (χ4n) is 2.33. The van der Waals surface area contributed by atoms with Gasteiger partial charge in [0.25, 0.3) is 0 Å². The molecule has 1 aliphatic heterocycles. The van der Waals surface area contributed by atoms with Crippen molar-refractivity contribution in [2.75, 3.05) is 12.3 Å². The first kappa shape index (κ1) is 11.2. The highest BCUT2D eigenvalue weighted by Crippen LogP contribution is 2.19. The molecule has 0 atom stereocenters. The molecule has 0 aliphatic carbocycles. The van der Waals surface area contributed by atoms with Crippen molar-refractivity contribution < 1.29 is 0 Å². The molecule has 1 aliphatic rings. The Labute approximate surface area is 106 Å². The van der Waals surface area contributed by atoms with Crippen LogP contribution in [0.3, 0.4) is 0 Å². The number of nitrogens with zero attached hydrogens (tertiary/aromatic N) is 3. The van der Waals surface area contributed by atoms with Gasteiger partial charge in [0.1, 0.15) is 0 Å². The number of benzene rings is 1. The zero-order valence-corrected chi connectivity index (χ0v) is 10.1. The summed E-state index contributed by atoms with van der Waals surface area (Å²) in [4.78, 5) is 10.4. The standard InChI is InChI=1S/C14H15N4/c15-14-16-7-11(8-17-14)9-18-6-5-12-3-1-2-4-13(12)10-18/h1,3-4,7-8H,5-6,9-10H2,(H2,15,16,17). The van der Waals surface area contributed by atoms with Crippen molar-refractivity contribution in [1.82, 2.24) is 14.9 Å². The van der Waals surface area contributed by atoms with Crippen molar-refractivity contribution in [3.05, 3.63) is 53.3 Å². The highest BCUT2D eigenvalue weighted by atomic mass is 15.1. The molecule has 4 heteroatoms. The van der Waals surface area contributed by atoms with Gasteiger partial charge in [-0.15, -0.1) is 0 Å². The minimum Gasteiger partial charge on any atom is -0.368 e. The molecule has 4 nitrogen and oxygen atoms in total. The predicted molar refractivity (Wildman–Crippen MR) is 69.5 cm³/mol. The van der Waals surface area contributed by atoms with Gasteiger partial charge in [0.15, 0.2) is 0 Å². The maximum absolute atomic E-state index is 5.48. The highest BCUT2D eigenvalue weighted by Gasteiger charge is 2.15. The number of hydrogen-bond acceptors (Lipinski definition) is 4. The maximum Gasteiger partial charge on any atom is 0.219 e. The third-order valence-corrected chi connectivity index (χ3v) is 3.27. The van der Waals surface area contributed by atoms with Gasteiger partial charge in [-0.05, 0) is 29.7 Å². The Balaban J connectivity index is 1.71. The average Bonchev–Trinajstić information content (AvgIpc) is 2.41. The Bertz CT molecular complexity index is 536. The van der Waals surface area contributed by atoms with Gasteiger partial charge in [0.05, 0.1) is 0 Å². The van der Waals surface area contributed by atoms with E-state index in [1.807, 2.05) is 6.07 Å². The summed E-state index contributed by atoms with van der Waals surface area (Å²) in [7, 11) is 0. The molecule has 2 aromatic rings. The van der Waals surface area contributed by atoms with Crippen LogP contribution in [-0.4, -0.2) is 21.4 Å². The number of fused-ring (bicyclic) bond motifs is 1. The van der Waals surface area contributed by atoms with Gasteiger partial charge in [-0.25, -0.2) is 9.97 Å². The molecule has 0 amide bonds. The van der Waals surface area contributed by atoms with Crippen LogP contribution < -0.4 is 5.73 Å². The van der Waals surface area contributed by atoms with Gasteiger partial charge in [-0.3, -0.25) is 4.90 Å².